The lowest BCUT2D eigenvalue weighted by Crippen LogP contribution is -2.23. The summed E-state index contributed by atoms with van der Waals surface area (Å²) in [5, 5.41) is 0. The molecule has 2 unspecified atom stereocenters. The minimum Gasteiger partial charge on any atom is -0.228 e. The highest BCUT2D eigenvalue weighted by Gasteiger charge is 2.22. The fourth-order valence-electron chi connectivity index (χ4n) is 0.446. The van der Waals surface area contributed by atoms with Crippen molar-refractivity contribution in [2.45, 2.75) is 25.9 Å². The van der Waals surface area contributed by atoms with Crippen LogP contribution in [0.15, 0.2) is 0 Å². The van der Waals surface area contributed by atoms with Gasteiger partial charge in [0.15, 0.2) is 0 Å². The van der Waals surface area contributed by atoms with Crippen molar-refractivity contribution in [1.29, 1.82) is 0 Å². The molecule has 0 aliphatic carbocycles. The van der Waals surface area contributed by atoms with Gasteiger partial charge in [0, 0.05) is 16.6 Å². The van der Waals surface area contributed by atoms with Crippen LogP contribution >= 0.6 is 31.8 Å². The molecule has 0 aliphatic rings. The van der Waals surface area contributed by atoms with Crippen LogP contribution in [0, 0.1) is 0 Å². The molecule has 0 heterocycles. The van der Waals surface area contributed by atoms with Gasteiger partial charge in [-0.15, -0.1) is 9.05 Å². The molecule has 2 atom stereocenters. The van der Waals surface area contributed by atoms with Gasteiger partial charge in [-0.1, -0.05) is 0 Å². The van der Waals surface area contributed by atoms with E-state index < -0.39 is 8.25 Å². The van der Waals surface area contributed by atoms with Crippen LogP contribution in [0.5, 0.6) is 0 Å². The summed E-state index contributed by atoms with van der Waals surface area (Å²) in [6.07, 6.45) is 0. The van der Waals surface area contributed by atoms with Crippen LogP contribution in [0.2, 0.25) is 0 Å². The summed E-state index contributed by atoms with van der Waals surface area (Å²) < 4.78 is 20.8. The zero-order chi connectivity index (χ0) is 11.0. The third-order valence-electron chi connectivity index (χ3n) is 1.23. The van der Waals surface area contributed by atoms with Crippen molar-refractivity contribution >= 4 is 31.8 Å². The molecule has 8 heteroatoms. The maximum atomic E-state index is 11.0. The first-order valence-corrected chi connectivity index (χ1v) is 5.90. The Labute approximate surface area is 94.6 Å². The van der Waals surface area contributed by atoms with Crippen LogP contribution in [0.1, 0.15) is 13.8 Å². The molecular formula is C6H14Cl2N2O3P+. The Morgan fingerprint density at radius 3 is 1.79 bits per heavy atom. The Kier molecular flexibility index (Phi) is 9.13. The van der Waals surface area contributed by atoms with Gasteiger partial charge >= 0.3 is 8.25 Å². The maximum Gasteiger partial charge on any atom is 0.697 e. The Balaban J connectivity index is 3.46. The molecule has 0 bridgehead atoms. The number of rotatable bonds is 8. The first-order valence-electron chi connectivity index (χ1n) is 4.05. The van der Waals surface area contributed by atoms with E-state index in [1.165, 1.54) is 0 Å². The molecule has 0 saturated carbocycles. The van der Waals surface area contributed by atoms with Crippen LogP contribution in [0.3, 0.4) is 0 Å². The van der Waals surface area contributed by atoms with Crippen LogP contribution < -0.4 is 9.67 Å². The lowest BCUT2D eigenvalue weighted by molar-refractivity contribution is 0.206. The summed E-state index contributed by atoms with van der Waals surface area (Å²) in [5.41, 5.74) is 0. The molecule has 0 aliphatic heterocycles. The summed E-state index contributed by atoms with van der Waals surface area (Å²) in [6, 6.07) is -0.161. The van der Waals surface area contributed by atoms with Crippen LogP contribution in [0.4, 0.5) is 0 Å². The minimum absolute atomic E-state index is 0.0807. The predicted molar refractivity (Wildman–Crippen MR) is 56.4 cm³/mol. The smallest absolute Gasteiger partial charge is 0.228 e. The lowest BCUT2D eigenvalue weighted by atomic mass is 10.4. The van der Waals surface area contributed by atoms with E-state index in [-0.39, 0.29) is 25.3 Å². The molecule has 84 valence electrons. The van der Waals surface area contributed by atoms with Crippen LogP contribution in [-0.4, -0.2) is 25.3 Å². The highest BCUT2D eigenvalue weighted by atomic mass is 35.5. The largest absolute Gasteiger partial charge is 0.697 e. The Morgan fingerprint density at radius 2 is 1.50 bits per heavy atom. The summed E-state index contributed by atoms with van der Waals surface area (Å²) in [4.78, 5) is 4.85. The molecular weight excluding hydrogens is 250 g/mol. The fourth-order valence-corrected chi connectivity index (χ4v) is 1.34. The molecule has 0 rings (SSSR count). The number of halogens is 2. The monoisotopic (exact) mass is 263 g/mol. The van der Waals surface area contributed by atoms with Gasteiger partial charge in [0.2, 0.25) is 0 Å². The molecule has 2 N–H and O–H groups in total. The van der Waals surface area contributed by atoms with Gasteiger partial charge in [0.1, 0.15) is 13.2 Å². The summed E-state index contributed by atoms with van der Waals surface area (Å²) in [7, 11) is -2.10. The summed E-state index contributed by atoms with van der Waals surface area (Å²) in [6.45, 7) is 4.03. The second-order valence-electron chi connectivity index (χ2n) is 2.84. The topological polar surface area (TPSA) is 59.6 Å². The highest BCUT2D eigenvalue weighted by Crippen LogP contribution is 2.23. The van der Waals surface area contributed by atoms with E-state index >= 15 is 0 Å². The van der Waals surface area contributed by atoms with Gasteiger partial charge in [-0.25, -0.2) is 9.67 Å². The highest BCUT2D eigenvalue weighted by molar-refractivity contribution is 7.33. The summed E-state index contributed by atoms with van der Waals surface area (Å²) >= 11 is 10.6. The molecule has 0 aromatic rings. The molecule has 0 fully saturated rings. The second-order valence-corrected chi connectivity index (χ2v) is 4.24. The molecule has 14 heavy (non-hydrogen) atoms. The molecule has 0 spiro atoms. The Bertz CT molecular complexity index is 159. The average Bonchev–Trinajstić information content (AvgIpc) is 2.22. The Hall–Kier alpha value is 0.520. The van der Waals surface area contributed by atoms with Gasteiger partial charge in [0.05, 0.1) is 0 Å². The van der Waals surface area contributed by atoms with E-state index in [9.17, 15) is 4.57 Å². The quantitative estimate of drug-likeness (QED) is 0.518. The molecule has 0 aromatic carbocycles. The van der Waals surface area contributed by atoms with Crippen molar-refractivity contribution in [3.05, 3.63) is 0 Å². The third kappa shape index (κ3) is 7.88. The van der Waals surface area contributed by atoms with Crippen LogP contribution in [-0.2, 0) is 13.6 Å². The molecule has 5 nitrogen and oxygen atoms in total. The number of hydrogen-bond acceptors (Lipinski definition) is 5. The number of nitrogens with one attached hydrogen (secondary N) is 2. The molecule has 0 saturated heterocycles. The van der Waals surface area contributed by atoms with Gasteiger partial charge in [-0.2, -0.15) is 0 Å². The van der Waals surface area contributed by atoms with Gasteiger partial charge in [-0.05, 0) is 37.4 Å². The van der Waals surface area contributed by atoms with E-state index in [4.69, 9.17) is 32.6 Å². The van der Waals surface area contributed by atoms with Gasteiger partial charge in [0.25, 0.3) is 0 Å². The second kappa shape index (κ2) is 8.80. The van der Waals surface area contributed by atoms with E-state index in [1.807, 2.05) is 0 Å². The third-order valence-corrected chi connectivity index (χ3v) is 2.70. The zero-order valence-electron chi connectivity index (χ0n) is 8.00. The van der Waals surface area contributed by atoms with E-state index in [0.29, 0.717) is 0 Å². The standard InChI is InChI=1S/C6H14Cl2N2O3P/c1-5(9-7)3-12-14(11)13-4-6(2)10-8/h5-6,9-10H,3-4H2,1-2H3/q+1. The maximum absolute atomic E-state index is 11.0. The van der Waals surface area contributed by atoms with Crippen molar-refractivity contribution in [3.63, 3.8) is 0 Å². The van der Waals surface area contributed by atoms with E-state index in [2.05, 4.69) is 9.67 Å². The molecule has 0 aromatic heterocycles. The normalized spacial score (nSPS) is 16.4. The van der Waals surface area contributed by atoms with Crippen molar-refractivity contribution in [1.82, 2.24) is 9.67 Å². The zero-order valence-corrected chi connectivity index (χ0v) is 10.4. The predicted octanol–water partition coefficient (Wildman–Crippen LogP) is 1.94. The van der Waals surface area contributed by atoms with Crippen LogP contribution in [0.25, 0.3) is 0 Å². The summed E-state index contributed by atoms with van der Waals surface area (Å²) in [5.74, 6) is 0. The SMILES string of the molecule is CC(CO[P+](=O)OCC(C)NCl)NCl. The van der Waals surface area contributed by atoms with Gasteiger partial charge in [-0.3, -0.25) is 0 Å². The first-order chi connectivity index (χ1) is 6.60. The fraction of sp³-hybridized carbons (Fsp3) is 1.00. The van der Waals surface area contributed by atoms with E-state index in [1.54, 1.807) is 13.8 Å². The number of hydrogen-bond donors (Lipinski definition) is 2. The van der Waals surface area contributed by atoms with Crippen molar-refractivity contribution in [2.75, 3.05) is 13.2 Å². The average molecular weight is 264 g/mol. The van der Waals surface area contributed by atoms with Crippen molar-refractivity contribution in [3.8, 4) is 0 Å². The minimum atomic E-state index is -2.10. The van der Waals surface area contributed by atoms with Crippen molar-refractivity contribution in [2.24, 2.45) is 0 Å². The first kappa shape index (κ1) is 14.5. The van der Waals surface area contributed by atoms with E-state index in [0.717, 1.165) is 0 Å². The lowest BCUT2D eigenvalue weighted by Gasteiger charge is -2.03. The molecule has 0 radical (unpaired) electrons. The van der Waals surface area contributed by atoms with Gasteiger partial charge < -0.3 is 0 Å². The van der Waals surface area contributed by atoms with Crippen molar-refractivity contribution < 1.29 is 13.6 Å². The Morgan fingerprint density at radius 1 is 1.14 bits per heavy atom. The molecule has 0 amide bonds.